The summed E-state index contributed by atoms with van der Waals surface area (Å²) in [5, 5.41) is 9.41. The quantitative estimate of drug-likeness (QED) is 0.699. The van der Waals surface area contributed by atoms with Crippen molar-refractivity contribution >= 4 is 17.7 Å². The summed E-state index contributed by atoms with van der Waals surface area (Å²) in [5.41, 5.74) is 0. The smallest absolute Gasteiger partial charge is 0.303 e. The Labute approximate surface area is 191 Å². The zero-order valence-electron chi connectivity index (χ0n) is 19.2. The second kappa shape index (κ2) is 11.1. The number of carbonyl (C=O) groups is 2. The summed E-state index contributed by atoms with van der Waals surface area (Å²) in [5.74, 6) is 1.31. The van der Waals surface area contributed by atoms with Crippen LogP contribution < -0.4 is 4.90 Å². The van der Waals surface area contributed by atoms with Gasteiger partial charge in [-0.15, -0.1) is 0 Å². The fourth-order valence-electron chi connectivity index (χ4n) is 5.80. The molecule has 1 saturated carbocycles. The number of carboxylic acids is 1. The van der Waals surface area contributed by atoms with Crippen LogP contribution in [0.1, 0.15) is 51.4 Å². The normalized spacial score (nSPS) is 25.6. The third-order valence-corrected chi connectivity index (χ3v) is 7.76. The van der Waals surface area contributed by atoms with Crippen LogP contribution in [-0.4, -0.2) is 77.6 Å². The molecule has 1 aromatic heterocycles. The lowest BCUT2D eigenvalue weighted by atomic mass is 9.80. The number of anilines is 1. The van der Waals surface area contributed by atoms with Crippen molar-refractivity contribution in [2.24, 2.45) is 17.8 Å². The van der Waals surface area contributed by atoms with E-state index in [2.05, 4.69) is 25.8 Å². The number of carboxylic acid groups (broad SMARTS) is 1. The Kier molecular flexibility index (Phi) is 8.00. The number of rotatable bonds is 7. The molecule has 0 spiro atoms. The monoisotopic (exact) mass is 442 g/mol. The molecule has 1 N–H and O–H groups in total. The van der Waals surface area contributed by atoms with Gasteiger partial charge in [0.15, 0.2) is 0 Å². The summed E-state index contributed by atoms with van der Waals surface area (Å²) < 4.78 is 0. The molecule has 1 aliphatic carbocycles. The molecule has 4 rings (SSSR count). The van der Waals surface area contributed by atoms with Gasteiger partial charge in [0.2, 0.25) is 5.91 Å². The first-order valence-electron chi connectivity index (χ1n) is 12.5. The molecule has 32 heavy (non-hydrogen) atoms. The van der Waals surface area contributed by atoms with Crippen molar-refractivity contribution in [2.75, 3.05) is 50.7 Å². The highest BCUT2D eigenvalue weighted by atomic mass is 16.4. The van der Waals surface area contributed by atoms with Gasteiger partial charge in [-0.1, -0.05) is 25.3 Å². The summed E-state index contributed by atoms with van der Waals surface area (Å²) in [6, 6.07) is 6.03. The van der Waals surface area contributed by atoms with E-state index in [0.717, 1.165) is 77.3 Å². The highest BCUT2D eigenvalue weighted by Crippen LogP contribution is 2.32. The zero-order valence-corrected chi connectivity index (χ0v) is 19.2. The van der Waals surface area contributed by atoms with Gasteiger partial charge in [0.1, 0.15) is 5.82 Å². The lowest BCUT2D eigenvalue weighted by molar-refractivity contribution is -0.141. The van der Waals surface area contributed by atoms with Crippen molar-refractivity contribution in [3.8, 4) is 0 Å². The van der Waals surface area contributed by atoms with Crippen LogP contribution in [0.4, 0.5) is 5.82 Å². The Morgan fingerprint density at radius 2 is 1.75 bits per heavy atom. The van der Waals surface area contributed by atoms with E-state index < -0.39 is 5.97 Å². The van der Waals surface area contributed by atoms with Crippen molar-refractivity contribution in [2.45, 2.75) is 51.4 Å². The number of nitrogens with zero attached hydrogens (tertiary/aromatic N) is 4. The van der Waals surface area contributed by atoms with E-state index in [1.807, 2.05) is 18.3 Å². The molecule has 3 heterocycles. The molecule has 2 aliphatic heterocycles. The molecular formula is C25H38N4O3. The lowest BCUT2D eigenvalue weighted by Crippen LogP contribution is -2.49. The average molecular weight is 443 g/mol. The molecule has 0 bridgehead atoms. The van der Waals surface area contributed by atoms with E-state index in [4.69, 9.17) is 0 Å². The largest absolute Gasteiger partial charge is 0.481 e. The van der Waals surface area contributed by atoms with Crippen molar-refractivity contribution in [1.29, 1.82) is 0 Å². The minimum absolute atomic E-state index is 0.178. The lowest BCUT2D eigenvalue weighted by Gasteiger charge is -2.41. The Balaban J connectivity index is 1.29. The minimum Gasteiger partial charge on any atom is -0.481 e. The number of likely N-dealkylation sites (tertiary alicyclic amines) is 1. The SMILES string of the molecule is O=C(O)C[C@@H]1CCN(C(=O)C2CCCCC2)C[C@H]1CCN1CCN(c2ccccn2)CC1. The van der Waals surface area contributed by atoms with Gasteiger partial charge in [-0.3, -0.25) is 14.5 Å². The van der Waals surface area contributed by atoms with Gasteiger partial charge in [-0.25, -0.2) is 4.98 Å². The fourth-order valence-corrected chi connectivity index (χ4v) is 5.80. The second-order valence-electron chi connectivity index (χ2n) is 9.83. The van der Waals surface area contributed by atoms with Crippen LogP contribution in [-0.2, 0) is 9.59 Å². The summed E-state index contributed by atoms with van der Waals surface area (Å²) in [4.78, 5) is 35.9. The van der Waals surface area contributed by atoms with E-state index in [1.165, 1.54) is 19.3 Å². The molecule has 7 heteroatoms. The molecule has 1 aromatic rings. The molecule has 176 valence electrons. The van der Waals surface area contributed by atoms with E-state index >= 15 is 0 Å². The molecule has 1 amide bonds. The number of aliphatic carboxylic acids is 1. The van der Waals surface area contributed by atoms with E-state index in [0.29, 0.717) is 5.91 Å². The Morgan fingerprint density at radius 3 is 2.44 bits per heavy atom. The van der Waals surface area contributed by atoms with Crippen molar-refractivity contribution in [3.63, 3.8) is 0 Å². The predicted molar refractivity (Wildman–Crippen MR) is 125 cm³/mol. The molecule has 0 unspecified atom stereocenters. The number of pyridine rings is 1. The number of piperazine rings is 1. The molecule has 0 aromatic carbocycles. The number of hydrogen-bond donors (Lipinski definition) is 1. The van der Waals surface area contributed by atoms with Gasteiger partial charge in [-0.05, 0) is 56.2 Å². The highest BCUT2D eigenvalue weighted by molar-refractivity contribution is 5.79. The van der Waals surface area contributed by atoms with Gasteiger partial charge in [-0.2, -0.15) is 0 Å². The Bertz CT molecular complexity index is 745. The van der Waals surface area contributed by atoms with Crippen molar-refractivity contribution < 1.29 is 14.7 Å². The predicted octanol–water partition coefficient (Wildman–Crippen LogP) is 3.11. The Morgan fingerprint density at radius 1 is 0.969 bits per heavy atom. The van der Waals surface area contributed by atoms with Gasteiger partial charge in [0.25, 0.3) is 0 Å². The number of amides is 1. The molecule has 2 atom stereocenters. The minimum atomic E-state index is -0.712. The molecule has 0 radical (unpaired) electrons. The summed E-state index contributed by atoms with van der Waals surface area (Å²) in [6.07, 6.45) is 9.49. The number of piperidine rings is 1. The number of hydrogen-bond acceptors (Lipinski definition) is 5. The maximum atomic E-state index is 13.1. The summed E-state index contributed by atoms with van der Waals surface area (Å²) in [7, 11) is 0. The molecule has 2 saturated heterocycles. The highest BCUT2D eigenvalue weighted by Gasteiger charge is 2.35. The van der Waals surface area contributed by atoms with Crippen molar-refractivity contribution in [3.05, 3.63) is 24.4 Å². The fraction of sp³-hybridized carbons (Fsp3) is 0.720. The van der Waals surface area contributed by atoms with Crippen LogP contribution in [0.3, 0.4) is 0 Å². The second-order valence-corrected chi connectivity index (χ2v) is 9.83. The standard InChI is InChI=1S/C25H38N4O3/c30-24(31)18-21-10-13-29(25(32)20-6-2-1-3-7-20)19-22(21)9-12-27-14-16-28(17-15-27)23-8-4-5-11-26-23/h4-5,8,11,20-22H,1-3,6-7,9-10,12-19H2,(H,30,31)/t21-,22+/m0/s1. The first-order chi connectivity index (χ1) is 15.6. The summed E-state index contributed by atoms with van der Waals surface area (Å²) >= 11 is 0. The first-order valence-corrected chi connectivity index (χ1v) is 12.5. The number of carbonyl (C=O) groups excluding carboxylic acids is 1. The third-order valence-electron chi connectivity index (χ3n) is 7.76. The van der Waals surface area contributed by atoms with E-state index in [1.54, 1.807) is 0 Å². The number of aromatic nitrogens is 1. The zero-order chi connectivity index (χ0) is 22.3. The van der Waals surface area contributed by atoms with Crippen LogP contribution in [0.5, 0.6) is 0 Å². The topological polar surface area (TPSA) is 77.0 Å². The summed E-state index contributed by atoms with van der Waals surface area (Å²) in [6.45, 7) is 6.37. The van der Waals surface area contributed by atoms with Crippen LogP contribution >= 0.6 is 0 Å². The van der Waals surface area contributed by atoms with Crippen LogP contribution in [0.25, 0.3) is 0 Å². The average Bonchev–Trinajstić information content (AvgIpc) is 2.84. The maximum Gasteiger partial charge on any atom is 0.303 e. The van der Waals surface area contributed by atoms with Crippen LogP contribution in [0, 0.1) is 17.8 Å². The van der Waals surface area contributed by atoms with Crippen molar-refractivity contribution in [1.82, 2.24) is 14.8 Å². The maximum absolute atomic E-state index is 13.1. The third kappa shape index (κ3) is 6.00. The van der Waals surface area contributed by atoms with E-state index in [-0.39, 0.29) is 24.2 Å². The van der Waals surface area contributed by atoms with Gasteiger partial charge < -0.3 is 14.9 Å². The Hall–Kier alpha value is -2.15. The van der Waals surface area contributed by atoms with Gasteiger partial charge >= 0.3 is 5.97 Å². The molecule has 7 nitrogen and oxygen atoms in total. The molecule has 3 aliphatic rings. The molecule has 3 fully saturated rings. The molecular weight excluding hydrogens is 404 g/mol. The van der Waals surface area contributed by atoms with Crippen LogP contribution in [0.15, 0.2) is 24.4 Å². The van der Waals surface area contributed by atoms with Crippen LogP contribution in [0.2, 0.25) is 0 Å². The van der Waals surface area contributed by atoms with Gasteiger partial charge in [0.05, 0.1) is 0 Å². The first kappa shape index (κ1) is 23.0. The van der Waals surface area contributed by atoms with E-state index in [9.17, 15) is 14.7 Å². The van der Waals surface area contributed by atoms with Gasteiger partial charge in [0, 0.05) is 57.8 Å².